The van der Waals surface area contributed by atoms with Crippen LogP contribution in [0, 0.1) is 0 Å². The third kappa shape index (κ3) is 3.56. The van der Waals surface area contributed by atoms with Gasteiger partial charge in [-0.3, -0.25) is 0 Å². The highest BCUT2D eigenvalue weighted by Crippen LogP contribution is 1.49. The fourth-order valence-corrected chi connectivity index (χ4v) is 0.394. The van der Waals surface area contributed by atoms with Gasteiger partial charge < -0.3 is 9.44 Å². The molecular formula is C3H7NOSi. The van der Waals surface area contributed by atoms with Crippen LogP contribution in [0.4, 0.5) is 0 Å². The molecular weight excluding hydrogens is 94.1 g/mol. The molecule has 0 rings (SSSR count). The highest BCUT2D eigenvalue weighted by atomic mass is 28.2. The zero-order valence-electron chi connectivity index (χ0n) is 3.48. The van der Waals surface area contributed by atoms with Crippen molar-refractivity contribution in [1.82, 2.24) is 4.98 Å². The Labute approximate surface area is 39.2 Å². The van der Waals surface area contributed by atoms with Gasteiger partial charge in [-0.15, -0.1) is 6.58 Å². The van der Waals surface area contributed by atoms with Crippen molar-refractivity contribution in [3.63, 3.8) is 0 Å². The van der Waals surface area contributed by atoms with Gasteiger partial charge in [-0.05, 0) is 0 Å². The van der Waals surface area contributed by atoms with Crippen molar-refractivity contribution in [1.29, 1.82) is 0 Å². The molecule has 0 heterocycles. The lowest BCUT2D eigenvalue weighted by atomic mass is 10.7. The molecule has 0 aromatic heterocycles. The molecule has 0 aromatic carbocycles. The Hall–Kier alpha value is -0.443. The van der Waals surface area contributed by atoms with E-state index in [-0.39, 0.29) is 0 Å². The number of hydrogen-bond acceptors (Lipinski definition) is 1. The Morgan fingerprint density at radius 2 is 2.67 bits per heavy atom. The quantitative estimate of drug-likeness (QED) is 0.294. The maximum atomic E-state index is 9.61. The normalized spacial score (nSPS) is 6.67. The fraction of sp³-hybridized carbons (Fsp3) is 0.333. The Morgan fingerprint density at radius 1 is 2.00 bits per heavy atom. The summed E-state index contributed by atoms with van der Waals surface area (Å²) in [5, 5.41) is 0. The largest absolute Gasteiger partial charge is 0.389 e. The molecule has 6 heavy (non-hydrogen) atoms. The molecule has 1 N–H and O–H groups in total. The van der Waals surface area contributed by atoms with Crippen LogP contribution >= 0.6 is 0 Å². The van der Waals surface area contributed by atoms with E-state index < -0.39 is 9.57 Å². The Kier molecular flexibility index (Phi) is 4.22. The van der Waals surface area contributed by atoms with Crippen molar-refractivity contribution in [2.75, 3.05) is 6.54 Å². The molecule has 0 amide bonds. The SMILES string of the molecule is C=CCN[SiH]=O. The van der Waals surface area contributed by atoms with Gasteiger partial charge in [0.2, 0.25) is 0 Å². The molecule has 0 saturated carbocycles. The lowest BCUT2D eigenvalue weighted by Gasteiger charge is -1.81. The maximum absolute atomic E-state index is 9.61. The van der Waals surface area contributed by atoms with Crippen molar-refractivity contribution in [3.05, 3.63) is 12.7 Å². The van der Waals surface area contributed by atoms with Crippen LogP contribution in [0.3, 0.4) is 0 Å². The molecule has 0 aliphatic heterocycles. The summed E-state index contributed by atoms with van der Waals surface area (Å²) >= 11 is 0. The van der Waals surface area contributed by atoms with E-state index >= 15 is 0 Å². The molecule has 0 bridgehead atoms. The molecule has 0 spiro atoms. The predicted octanol–water partition coefficient (Wildman–Crippen LogP) is -0.541. The van der Waals surface area contributed by atoms with Crippen LogP contribution in [-0.2, 0) is 4.46 Å². The summed E-state index contributed by atoms with van der Waals surface area (Å²) in [6.45, 7) is 4.06. The summed E-state index contributed by atoms with van der Waals surface area (Å²) < 4.78 is 9.61. The van der Waals surface area contributed by atoms with Gasteiger partial charge in [0.05, 0.1) is 0 Å². The summed E-state index contributed by atoms with van der Waals surface area (Å²) in [7, 11) is -0.787. The van der Waals surface area contributed by atoms with Crippen molar-refractivity contribution in [3.8, 4) is 0 Å². The molecule has 0 atom stereocenters. The van der Waals surface area contributed by atoms with Gasteiger partial charge in [0.25, 0.3) is 0 Å². The Bertz CT molecular complexity index is 46.8. The summed E-state index contributed by atoms with van der Waals surface area (Å²) in [6, 6.07) is 0. The number of hydrogen-bond donors (Lipinski definition) is 1. The second-order valence-corrected chi connectivity index (χ2v) is 1.46. The van der Waals surface area contributed by atoms with Gasteiger partial charge in [-0.25, -0.2) is 0 Å². The highest BCUT2D eigenvalue weighted by Gasteiger charge is 1.66. The predicted molar refractivity (Wildman–Crippen MR) is 26.0 cm³/mol. The van der Waals surface area contributed by atoms with E-state index in [1.54, 1.807) is 6.08 Å². The molecule has 0 aliphatic carbocycles. The van der Waals surface area contributed by atoms with Gasteiger partial charge >= 0.3 is 9.57 Å². The van der Waals surface area contributed by atoms with Gasteiger partial charge in [0.15, 0.2) is 0 Å². The van der Waals surface area contributed by atoms with Crippen LogP contribution in [0.1, 0.15) is 0 Å². The average molecular weight is 101 g/mol. The van der Waals surface area contributed by atoms with E-state index in [1.807, 2.05) is 0 Å². The van der Waals surface area contributed by atoms with E-state index in [2.05, 4.69) is 11.6 Å². The minimum atomic E-state index is -0.787. The topological polar surface area (TPSA) is 29.1 Å². The van der Waals surface area contributed by atoms with E-state index in [9.17, 15) is 4.46 Å². The Balaban J connectivity index is 2.66. The van der Waals surface area contributed by atoms with Crippen molar-refractivity contribution >= 4 is 9.57 Å². The molecule has 0 aromatic rings. The lowest BCUT2D eigenvalue weighted by Crippen LogP contribution is -2.10. The van der Waals surface area contributed by atoms with E-state index in [0.717, 1.165) is 0 Å². The first-order valence-electron chi connectivity index (χ1n) is 1.69. The monoisotopic (exact) mass is 101 g/mol. The fourth-order valence-electron chi connectivity index (χ4n) is 0.131. The summed E-state index contributed by atoms with van der Waals surface area (Å²) in [5.74, 6) is 0. The van der Waals surface area contributed by atoms with Gasteiger partial charge in [-0.1, -0.05) is 6.08 Å². The maximum Gasteiger partial charge on any atom is 0.376 e. The van der Waals surface area contributed by atoms with Crippen LogP contribution in [0.15, 0.2) is 12.7 Å². The Morgan fingerprint density at radius 3 is 2.83 bits per heavy atom. The zero-order chi connectivity index (χ0) is 4.83. The van der Waals surface area contributed by atoms with Crippen LogP contribution in [-0.4, -0.2) is 16.1 Å². The smallest absolute Gasteiger partial charge is 0.376 e. The van der Waals surface area contributed by atoms with E-state index in [0.29, 0.717) is 6.54 Å². The van der Waals surface area contributed by atoms with Crippen LogP contribution in [0.2, 0.25) is 0 Å². The summed E-state index contributed by atoms with van der Waals surface area (Å²) in [5.41, 5.74) is 0. The third-order valence-electron chi connectivity index (χ3n) is 0.346. The zero-order valence-corrected chi connectivity index (χ0v) is 4.63. The van der Waals surface area contributed by atoms with Crippen LogP contribution < -0.4 is 4.98 Å². The molecule has 34 valence electrons. The first-order chi connectivity index (χ1) is 2.91. The van der Waals surface area contributed by atoms with E-state index in [4.69, 9.17) is 0 Å². The van der Waals surface area contributed by atoms with Gasteiger partial charge in [-0.2, -0.15) is 0 Å². The second-order valence-electron chi connectivity index (χ2n) is 0.815. The van der Waals surface area contributed by atoms with Crippen molar-refractivity contribution < 1.29 is 4.46 Å². The van der Waals surface area contributed by atoms with Crippen molar-refractivity contribution in [2.45, 2.75) is 0 Å². The third-order valence-corrected chi connectivity index (χ3v) is 0.748. The molecule has 0 aliphatic rings. The molecule has 0 fully saturated rings. The first kappa shape index (κ1) is 5.56. The molecule has 0 unspecified atom stereocenters. The highest BCUT2D eigenvalue weighted by molar-refractivity contribution is 6.12. The minimum Gasteiger partial charge on any atom is -0.389 e. The van der Waals surface area contributed by atoms with Gasteiger partial charge in [0, 0.05) is 6.54 Å². The van der Waals surface area contributed by atoms with Crippen LogP contribution in [0.25, 0.3) is 0 Å². The molecule has 3 heteroatoms. The van der Waals surface area contributed by atoms with Crippen molar-refractivity contribution in [2.24, 2.45) is 0 Å². The van der Waals surface area contributed by atoms with Crippen LogP contribution in [0.5, 0.6) is 0 Å². The molecule has 2 nitrogen and oxygen atoms in total. The number of nitrogens with one attached hydrogen (secondary N) is 1. The summed E-state index contributed by atoms with van der Waals surface area (Å²) in [6.07, 6.45) is 1.67. The minimum absolute atomic E-state index is 0.652. The molecule has 0 radical (unpaired) electrons. The lowest BCUT2D eigenvalue weighted by molar-refractivity contribution is 0.569. The van der Waals surface area contributed by atoms with Gasteiger partial charge in [0.1, 0.15) is 0 Å². The van der Waals surface area contributed by atoms with E-state index in [1.165, 1.54) is 0 Å². The first-order valence-corrected chi connectivity index (χ1v) is 2.74. The average Bonchev–Trinajstić information content (AvgIpc) is 1.61. The summed E-state index contributed by atoms with van der Waals surface area (Å²) in [4.78, 5) is 2.61. The second kappa shape index (κ2) is 4.56. The number of rotatable bonds is 3. The molecule has 0 saturated heterocycles. The standard InChI is InChI=1S/C3H7NOSi/c1-2-3-4-6-5/h2,4,6H,1,3H2.